The molecule has 0 spiro atoms. The quantitative estimate of drug-likeness (QED) is 0.570. The van der Waals surface area contributed by atoms with E-state index >= 15 is 0 Å². The predicted octanol–water partition coefficient (Wildman–Crippen LogP) is 4.09. The first-order chi connectivity index (χ1) is 13.8. The van der Waals surface area contributed by atoms with Crippen LogP contribution in [-0.4, -0.2) is 36.7 Å². The first-order valence-corrected chi connectivity index (χ1v) is 9.33. The Morgan fingerprint density at radius 3 is 2.59 bits per heavy atom. The number of benzene rings is 2. The number of imidazole rings is 1. The third-order valence-corrected chi connectivity index (χ3v) is 5.35. The zero-order chi connectivity index (χ0) is 18.9. The highest BCUT2D eigenvalue weighted by atomic mass is 16.3. The third kappa shape index (κ3) is 2.85. The van der Waals surface area contributed by atoms with Crippen molar-refractivity contribution in [2.45, 2.75) is 38.1 Å². The molecule has 7 heteroatoms. The van der Waals surface area contributed by atoms with Crippen LogP contribution in [-0.2, 0) is 0 Å². The lowest BCUT2D eigenvalue weighted by molar-refractivity contribution is 0.362. The molecule has 2 aromatic carbocycles. The van der Waals surface area contributed by atoms with Crippen molar-refractivity contribution >= 4 is 11.0 Å². The number of H-pyrrole nitrogens is 1. The van der Waals surface area contributed by atoms with Crippen LogP contribution in [0.2, 0.25) is 0 Å². The van der Waals surface area contributed by atoms with Gasteiger partial charge in [0.2, 0.25) is 5.82 Å². The molecular weight excluding hydrogens is 340 g/mol. The van der Waals surface area contributed by atoms with Gasteiger partial charge in [-0.15, -0.1) is 10.2 Å². The summed E-state index contributed by atoms with van der Waals surface area (Å²) in [5, 5.41) is 18.9. The van der Waals surface area contributed by atoms with Crippen LogP contribution in [0.4, 0.5) is 0 Å². The van der Waals surface area contributed by atoms with Crippen molar-refractivity contribution in [2.75, 3.05) is 0 Å². The summed E-state index contributed by atoms with van der Waals surface area (Å²) in [6, 6.07) is 14.1. The van der Waals surface area contributed by atoms with Gasteiger partial charge in [0, 0.05) is 17.2 Å². The fraction of sp³-hybridized carbons (Fsp3) is 0.300. The fourth-order valence-electron chi connectivity index (χ4n) is 4.04. The van der Waals surface area contributed by atoms with E-state index in [1.54, 1.807) is 12.1 Å². The Morgan fingerprint density at radius 2 is 1.85 bits per heavy atom. The molecule has 2 N–H and O–H groups in total. The van der Waals surface area contributed by atoms with Crippen molar-refractivity contribution in [3.8, 4) is 28.5 Å². The maximum Gasteiger partial charge on any atom is 0.293 e. The van der Waals surface area contributed by atoms with Crippen molar-refractivity contribution in [2.24, 2.45) is 0 Å². The number of aromatic amines is 1. The third-order valence-electron chi connectivity index (χ3n) is 5.35. The van der Waals surface area contributed by atoms with Crippen LogP contribution in [0.15, 0.2) is 42.5 Å². The minimum absolute atomic E-state index is 0.442. The molecule has 5 rings (SSSR count). The van der Waals surface area contributed by atoms with Crippen LogP contribution in [0.3, 0.4) is 0 Å². The van der Waals surface area contributed by atoms with Crippen LogP contribution in [0, 0.1) is 0 Å². The second kappa shape index (κ2) is 6.50. The van der Waals surface area contributed by atoms with E-state index in [9.17, 15) is 0 Å². The molecule has 1 fully saturated rings. The standard InChI is InChI=1S/C20H20N6O/c27-16-9-6-13(7-10-16)20-21-17-12-14(19-22-24-25-23-19)8-11-18(17)26(20)15-4-2-1-3-5-15/h6-12,15,27H,1-5H2,(H,22,23,24,25)/i/hT. The average molecular weight is 362 g/mol. The van der Waals surface area contributed by atoms with Gasteiger partial charge in [-0.1, -0.05) is 19.3 Å². The van der Waals surface area contributed by atoms with Crippen LogP contribution in [0.5, 0.6) is 5.75 Å². The Bertz CT molecular complexity index is 1080. The number of nitrogens with one attached hydrogen (secondary N) is 1. The van der Waals surface area contributed by atoms with Crippen LogP contribution in [0.25, 0.3) is 33.8 Å². The molecular formula is C20H20N6O. The number of fused-ring (bicyclic) bond motifs is 1. The number of aromatic hydroxyl groups is 1. The molecule has 7 nitrogen and oxygen atoms in total. The highest BCUT2D eigenvalue weighted by Crippen LogP contribution is 2.37. The van der Waals surface area contributed by atoms with Gasteiger partial charge in [0.15, 0.2) is 0 Å². The number of nitrogens with zero attached hydrogens (tertiary/aromatic N) is 5. The van der Waals surface area contributed by atoms with Gasteiger partial charge in [-0.2, -0.15) is 5.21 Å². The molecule has 27 heavy (non-hydrogen) atoms. The van der Waals surface area contributed by atoms with Gasteiger partial charge in [0.05, 0.1) is 11.0 Å². The molecule has 0 saturated heterocycles. The topological polar surface area (TPSA) is 92.5 Å². The summed E-state index contributed by atoms with van der Waals surface area (Å²) < 4.78 is 9.44. The Balaban J connectivity index is 1.67. The van der Waals surface area contributed by atoms with E-state index in [-0.39, 0.29) is 0 Å². The summed E-state index contributed by atoms with van der Waals surface area (Å²) in [5.74, 6) is 2.03. The number of rotatable bonds is 4. The summed E-state index contributed by atoms with van der Waals surface area (Å²) >= 11 is 0. The van der Waals surface area contributed by atoms with Crippen molar-refractivity contribution in [3.05, 3.63) is 42.5 Å². The maximum absolute atomic E-state index is 7.06. The largest absolute Gasteiger partial charge is 0.508 e. The van der Waals surface area contributed by atoms with Crippen LogP contribution >= 0.6 is 0 Å². The van der Waals surface area contributed by atoms with E-state index in [1.165, 1.54) is 32.1 Å². The van der Waals surface area contributed by atoms with Gasteiger partial charge in [0.25, 0.3) is 1.43 Å². The fourth-order valence-corrected chi connectivity index (χ4v) is 4.04. The predicted molar refractivity (Wildman–Crippen MR) is 102 cm³/mol. The molecule has 2 aromatic heterocycles. The van der Waals surface area contributed by atoms with E-state index < -0.39 is 0 Å². The zero-order valence-corrected chi connectivity index (χ0v) is 14.8. The Labute approximate surface area is 157 Å². The van der Waals surface area contributed by atoms with Crippen molar-refractivity contribution in [1.29, 1.82) is 1.43 Å². The summed E-state index contributed by atoms with van der Waals surface area (Å²) in [5.41, 5.74) is 3.95. The number of aromatic nitrogens is 6. The summed E-state index contributed by atoms with van der Waals surface area (Å²) in [6.07, 6.45) is 6.13. The normalized spacial score (nSPS) is 15.8. The zero-order valence-electron chi connectivity index (χ0n) is 15.8. The second-order valence-corrected chi connectivity index (χ2v) is 7.06. The molecule has 0 radical (unpaired) electrons. The molecule has 0 aliphatic heterocycles. The second-order valence-electron chi connectivity index (χ2n) is 7.06. The summed E-state index contributed by atoms with van der Waals surface area (Å²) in [6.45, 7) is 0. The van der Waals surface area contributed by atoms with E-state index in [1.807, 2.05) is 24.3 Å². The van der Waals surface area contributed by atoms with E-state index in [2.05, 4.69) is 36.4 Å². The van der Waals surface area contributed by atoms with E-state index in [0.29, 0.717) is 17.6 Å². The maximum atomic E-state index is 7.06. The van der Waals surface area contributed by atoms with Gasteiger partial charge >= 0.3 is 0 Å². The van der Waals surface area contributed by atoms with Gasteiger partial charge < -0.3 is 9.68 Å². The molecule has 0 atom stereocenters. The first-order valence-electron chi connectivity index (χ1n) is 9.74. The van der Waals surface area contributed by atoms with Gasteiger partial charge in [-0.05, 0) is 60.5 Å². The minimum atomic E-state index is 0.442. The van der Waals surface area contributed by atoms with Crippen molar-refractivity contribution in [3.63, 3.8) is 0 Å². The Morgan fingerprint density at radius 1 is 1.04 bits per heavy atom. The summed E-state index contributed by atoms with van der Waals surface area (Å²) in [7, 11) is 0. The van der Waals surface area contributed by atoms with Crippen molar-refractivity contribution < 1.29 is 5.11 Å². The average Bonchev–Trinajstić information content (AvgIpc) is 3.42. The Hall–Kier alpha value is -3.22. The molecule has 1 saturated carbocycles. The number of hydrogen-bond acceptors (Lipinski definition) is 5. The lowest BCUT2D eigenvalue weighted by Gasteiger charge is -2.25. The number of tetrazole rings is 1. The molecule has 2 heterocycles. The monoisotopic (exact) mass is 362 g/mol. The molecule has 0 amide bonds. The lowest BCUT2D eigenvalue weighted by Crippen LogP contribution is -2.13. The number of phenolic OH excluding ortho intramolecular Hbond substituents is 1. The molecule has 1 aliphatic carbocycles. The van der Waals surface area contributed by atoms with Gasteiger partial charge in [-0.3, -0.25) is 0 Å². The molecule has 0 unspecified atom stereocenters. The smallest absolute Gasteiger partial charge is 0.293 e. The highest BCUT2D eigenvalue weighted by molar-refractivity contribution is 5.84. The molecule has 1 aliphatic rings. The lowest BCUT2D eigenvalue weighted by atomic mass is 9.95. The Kier molecular flexibility index (Phi) is 3.59. The minimum Gasteiger partial charge on any atom is -0.508 e. The highest BCUT2D eigenvalue weighted by Gasteiger charge is 2.22. The molecule has 0 bridgehead atoms. The van der Waals surface area contributed by atoms with Gasteiger partial charge in [-0.25, -0.2) is 4.98 Å². The molecule has 4 aromatic rings. The van der Waals surface area contributed by atoms with E-state index in [4.69, 9.17) is 6.42 Å². The van der Waals surface area contributed by atoms with Crippen molar-refractivity contribution in [1.82, 2.24) is 30.2 Å². The number of hydrogen-bond donors (Lipinski definition) is 2. The molecule has 136 valence electrons. The first kappa shape index (κ1) is 14.9. The number of phenols is 1. The summed E-state index contributed by atoms with van der Waals surface area (Å²) in [4.78, 5) is 4.97. The SMILES string of the molecule is [3H]Oc1ccc(-c2nc3cc(-c4nn[nH]n4)ccc3n2C2CCCCC2)cc1. The van der Waals surface area contributed by atoms with Crippen LogP contribution in [0.1, 0.15) is 38.1 Å². The van der Waals surface area contributed by atoms with Gasteiger partial charge in [0.1, 0.15) is 11.6 Å². The van der Waals surface area contributed by atoms with E-state index in [0.717, 1.165) is 28.0 Å². The van der Waals surface area contributed by atoms with Crippen LogP contribution < -0.4 is 0 Å².